The maximum Gasteiger partial charge on any atom is 0.173 e. The Kier molecular flexibility index (Phi) is 6.82. The first-order chi connectivity index (χ1) is 11.5. The molecule has 2 rings (SSSR count). The van der Waals surface area contributed by atoms with Crippen LogP contribution in [0.2, 0.25) is 5.02 Å². The monoisotopic (exact) mass is 363 g/mol. The molecule has 2 aromatic rings. The molecule has 0 spiro atoms. The van der Waals surface area contributed by atoms with Gasteiger partial charge in [0.25, 0.3) is 0 Å². The maximum absolute atomic E-state index is 6.08. The summed E-state index contributed by atoms with van der Waals surface area (Å²) >= 11 is 11.7. The van der Waals surface area contributed by atoms with Crippen molar-refractivity contribution >= 4 is 34.6 Å². The van der Waals surface area contributed by atoms with Gasteiger partial charge in [-0.2, -0.15) is 0 Å². The number of methoxy groups -OCH3 is 1. The van der Waals surface area contributed by atoms with Gasteiger partial charge >= 0.3 is 0 Å². The lowest BCUT2D eigenvalue weighted by molar-refractivity contribution is 0.358. The van der Waals surface area contributed by atoms with Gasteiger partial charge in [0.15, 0.2) is 5.11 Å². The third kappa shape index (κ3) is 5.08. The largest absolute Gasteiger partial charge is 0.495 e. The highest BCUT2D eigenvalue weighted by atomic mass is 35.5. The van der Waals surface area contributed by atoms with Crippen LogP contribution in [0.25, 0.3) is 0 Å². The fourth-order valence-electron chi connectivity index (χ4n) is 2.36. The van der Waals surface area contributed by atoms with Crippen molar-refractivity contribution in [3.8, 4) is 5.75 Å². The average molecular weight is 364 g/mol. The maximum atomic E-state index is 6.08. The summed E-state index contributed by atoms with van der Waals surface area (Å²) in [6.07, 6.45) is 4.51. The van der Waals surface area contributed by atoms with Gasteiger partial charge < -0.3 is 15.0 Å². The molecule has 1 aromatic heterocycles. The number of halogens is 1. The highest BCUT2D eigenvalue weighted by molar-refractivity contribution is 7.80. The molecular weight excluding hydrogens is 342 g/mol. The Balaban J connectivity index is 2.08. The zero-order valence-electron chi connectivity index (χ0n) is 14.1. The predicted octanol–water partition coefficient (Wildman–Crippen LogP) is 4.39. The second kappa shape index (κ2) is 8.85. The summed E-state index contributed by atoms with van der Waals surface area (Å²) in [5.74, 6) is 0.708. The number of rotatable bonds is 6. The second-order valence-corrected chi connectivity index (χ2v) is 6.49. The van der Waals surface area contributed by atoms with Crippen molar-refractivity contribution in [1.29, 1.82) is 0 Å². The van der Waals surface area contributed by atoms with E-state index in [1.165, 1.54) is 5.56 Å². The van der Waals surface area contributed by atoms with E-state index in [0.717, 1.165) is 18.7 Å². The number of benzene rings is 1. The fourth-order valence-corrected chi connectivity index (χ4v) is 2.94. The van der Waals surface area contributed by atoms with Gasteiger partial charge in [0.2, 0.25) is 0 Å². The van der Waals surface area contributed by atoms with E-state index in [2.05, 4.69) is 29.0 Å². The Morgan fingerprint density at radius 1 is 1.29 bits per heavy atom. The molecule has 0 radical (unpaired) electrons. The van der Waals surface area contributed by atoms with Crippen LogP contribution in [-0.2, 0) is 6.42 Å². The highest BCUT2D eigenvalue weighted by Crippen LogP contribution is 2.28. The summed E-state index contributed by atoms with van der Waals surface area (Å²) < 4.78 is 5.36. The van der Waals surface area contributed by atoms with Gasteiger partial charge in [-0.1, -0.05) is 11.6 Å². The van der Waals surface area contributed by atoms with Crippen LogP contribution in [0.15, 0.2) is 42.7 Å². The minimum Gasteiger partial charge on any atom is -0.495 e. The minimum absolute atomic E-state index is 0.275. The highest BCUT2D eigenvalue weighted by Gasteiger charge is 2.15. The number of ether oxygens (including phenoxy) is 1. The number of hydrogen-bond acceptors (Lipinski definition) is 3. The molecule has 4 nitrogen and oxygen atoms in total. The first-order valence-electron chi connectivity index (χ1n) is 7.81. The summed E-state index contributed by atoms with van der Waals surface area (Å²) in [7, 11) is 1.63. The second-order valence-electron chi connectivity index (χ2n) is 5.67. The quantitative estimate of drug-likeness (QED) is 0.770. The van der Waals surface area contributed by atoms with E-state index < -0.39 is 0 Å². The van der Waals surface area contributed by atoms with Crippen LogP contribution in [0.4, 0.5) is 5.69 Å². The molecule has 1 aromatic carbocycles. The molecule has 0 saturated carbocycles. The summed E-state index contributed by atoms with van der Waals surface area (Å²) in [6, 6.07) is 9.75. The van der Waals surface area contributed by atoms with Crippen molar-refractivity contribution in [2.45, 2.75) is 26.3 Å². The molecule has 0 aliphatic heterocycles. The zero-order chi connectivity index (χ0) is 17.5. The SMILES string of the molecule is COc1ccc(Cl)cc1NC(=S)N(CCc1ccncc1)C(C)C. The van der Waals surface area contributed by atoms with E-state index in [0.29, 0.717) is 15.9 Å². The Hall–Kier alpha value is -1.85. The van der Waals surface area contributed by atoms with Crippen molar-refractivity contribution in [2.24, 2.45) is 0 Å². The number of aromatic nitrogens is 1. The number of nitrogens with one attached hydrogen (secondary N) is 1. The number of thiocarbonyl (C=S) groups is 1. The topological polar surface area (TPSA) is 37.4 Å². The molecule has 24 heavy (non-hydrogen) atoms. The molecule has 0 amide bonds. The van der Waals surface area contributed by atoms with Gasteiger partial charge in [-0.05, 0) is 68.4 Å². The molecule has 0 bridgehead atoms. The molecule has 0 aliphatic rings. The normalized spacial score (nSPS) is 10.5. The van der Waals surface area contributed by atoms with E-state index in [1.54, 1.807) is 13.2 Å². The van der Waals surface area contributed by atoms with Gasteiger partial charge in [0, 0.05) is 30.0 Å². The Morgan fingerprint density at radius 3 is 2.62 bits per heavy atom. The summed E-state index contributed by atoms with van der Waals surface area (Å²) in [6.45, 7) is 5.06. The summed E-state index contributed by atoms with van der Waals surface area (Å²) in [4.78, 5) is 6.20. The standard InChI is InChI=1S/C18H22ClN3OS/c1-13(2)22(11-8-14-6-9-20-10-7-14)18(24)21-16-12-15(19)4-5-17(16)23-3/h4-7,9-10,12-13H,8,11H2,1-3H3,(H,21,24). The number of hydrogen-bond donors (Lipinski definition) is 1. The summed E-state index contributed by atoms with van der Waals surface area (Å²) in [5.41, 5.74) is 2.00. The van der Waals surface area contributed by atoms with Crippen molar-refractivity contribution < 1.29 is 4.74 Å². The van der Waals surface area contributed by atoms with E-state index in [4.69, 9.17) is 28.6 Å². The first kappa shape index (κ1) is 18.5. The van der Waals surface area contributed by atoms with Crippen molar-refractivity contribution in [3.05, 3.63) is 53.3 Å². The Bertz CT molecular complexity index is 679. The van der Waals surface area contributed by atoms with E-state index in [-0.39, 0.29) is 6.04 Å². The molecular formula is C18H22ClN3OS. The Morgan fingerprint density at radius 2 is 2.00 bits per heavy atom. The predicted molar refractivity (Wildman–Crippen MR) is 104 cm³/mol. The smallest absolute Gasteiger partial charge is 0.173 e. The third-order valence-electron chi connectivity index (χ3n) is 3.68. The van der Waals surface area contributed by atoms with Gasteiger partial charge in [0.1, 0.15) is 5.75 Å². The zero-order valence-corrected chi connectivity index (χ0v) is 15.7. The van der Waals surface area contributed by atoms with Gasteiger partial charge in [-0.15, -0.1) is 0 Å². The fraction of sp³-hybridized carbons (Fsp3) is 0.333. The molecule has 1 heterocycles. The molecule has 0 fully saturated rings. The third-order valence-corrected chi connectivity index (χ3v) is 4.25. The lowest BCUT2D eigenvalue weighted by atomic mass is 10.2. The number of anilines is 1. The van der Waals surface area contributed by atoms with E-state index >= 15 is 0 Å². The van der Waals surface area contributed by atoms with Crippen LogP contribution in [0, 0.1) is 0 Å². The summed E-state index contributed by atoms with van der Waals surface area (Å²) in [5, 5.41) is 4.54. The molecule has 0 aliphatic carbocycles. The van der Waals surface area contributed by atoms with Crippen LogP contribution in [-0.4, -0.2) is 34.7 Å². The minimum atomic E-state index is 0.275. The molecule has 1 N–H and O–H groups in total. The van der Waals surface area contributed by atoms with Crippen LogP contribution in [0.1, 0.15) is 19.4 Å². The average Bonchev–Trinajstić information content (AvgIpc) is 2.56. The molecule has 0 atom stereocenters. The Labute approximate surface area is 153 Å². The van der Waals surface area contributed by atoms with Gasteiger partial charge in [0.05, 0.1) is 12.8 Å². The lowest BCUT2D eigenvalue weighted by Gasteiger charge is -2.30. The van der Waals surface area contributed by atoms with E-state index in [1.807, 2.05) is 36.7 Å². The van der Waals surface area contributed by atoms with Crippen LogP contribution in [0.5, 0.6) is 5.75 Å². The van der Waals surface area contributed by atoms with Crippen molar-refractivity contribution in [1.82, 2.24) is 9.88 Å². The van der Waals surface area contributed by atoms with Crippen LogP contribution >= 0.6 is 23.8 Å². The van der Waals surface area contributed by atoms with Crippen molar-refractivity contribution in [3.63, 3.8) is 0 Å². The molecule has 6 heteroatoms. The van der Waals surface area contributed by atoms with Crippen LogP contribution < -0.4 is 10.1 Å². The number of pyridine rings is 1. The van der Waals surface area contributed by atoms with Gasteiger partial charge in [-0.3, -0.25) is 4.98 Å². The number of nitrogens with zero attached hydrogens (tertiary/aromatic N) is 2. The lowest BCUT2D eigenvalue weighted by Crippen LogP contribution is -2.41. The molecule has 0 saturated heterocycles. The molecule has 128 valence electrons. The molecule has 0 unspecified atom stereocenters. The van der Waals surface area contributed by atoms with Crippen LogP contribution in [0.3, 0.4) is 0 Å². The van der Waals surface area contributed by atoms with Crippen molar-refractivity contribution in [2.75, 3.05) is 19.0 Å². The van der Waals surface area contributed by atoms with Gasteiger partial charge in [-0.25, -0.2) is 0 Å². The van der Waals surface area contributed by atoms with E-state index in [9.17, 15) is 0 Å². The first-order valence-corrected chi connectivity index (χ1v) is 8.60.